The van der Waals surface area contributed by atoms with Crippen LogP contribution in [0.25, 0.3) is 0 Å². The maximum absolute atomic E-state index is 11.9. The SMILES string of the molecule is CCOCCN(C)C(=O)N(C)C(CC)C(=O)O. The lowest BCUT2D eigenvalue weighted by Crippen LogP contribution is -2.48. The molecule has 1 unspecified atom stereocenters. The third-order valence-electron chi connectivity index (χ3n) is 2.54. The number of ether oxygens (including phenoxy) is 1. The van der Waals surface area contributed by atoms with Crippen molar-refractivity contribution < 1.29 is 19.4 Å². The van der Waals surface area contributed by atoms with Gasteiger partial charge in [0.1, 0.15) is 6.04 Å². The van der Waals surface area contributed by atoms with E-state index in [4.69, 9.17) is 9.84 Å². The van der Waals surface area contributed by atoms with Crippen molar-refractivity contribution in [3.05, 3.63) is 0 Å². The van der Waals surface area contributed by atoms with Gasteiger partial charge in [-0.05, 0) is 13.3 Å². The summed E-state index contributed by atoms with van der Waals surface area (Å²) in [6.07, 6.45) is 0.386. The zero-order valence-electron chi connectivity index (χ0n) is 11.0. The Morgan fingerprint density at radius 2 is 1.88 bits per heavy atom. The average Bonchev–Trinajstić information content (AvgIpc) is 2.28. The molecule has 1 atom stereocenters. The molecule has 100 valence electrons. The van der Waals surface area contributed by atoms with E-state index in [1.54, 1.807) is 14.0 Å². The van der Waals surface area contributed by atoms with Crippen LogP contribution in [0.4, 0.5) is 4.79 Å². The highest BCUT2D eigenvalue weighted by Gasteiger charge is 2.26. The number of hydrogen-bond donors (Lipinski definition) is 1. The molecule has 0 aromatic heterocycles. The van der Waals surface area contributed by atoms with Gasteiger partial charge in [0.05, 0.1) is 6.61 Å². The van der Waals surface area contributed by atoms with Gasteiger partial charge in [0, 0.05) is 27.2 Å². The Balaban J connectivity index is 4.31. The number of carboxylic acid groups (broad SMARTS) is 1. The van der Waals surface area contributed by atoms with Gasteiger partial charge in [-0.1, -0.05) is 6.92 Å². The van der Waals surface area contributed by atoms with Crippen LogP contribution in [-0.2, 0) is 9.53 Å². The highest BCUT2D eigenvalue weighted by atomic mass is 16.5. The van der Waals surface area contributed by atoms with Gasteiger partial charge < -0.3 is 19.6 Å². The first-order chi connectivity index (χ1) is 7.95. The topological polar surface area (TPSA) is 70.1 Å². The van der Waals surface area contributed by atoms with E-state index >= 15 is 0 Å². The molecule has 0 fully saturated rings. The zero-order valence-corrected chi connectivity index (χ0v) is 11.0. The molecule has 0 aromatic carbocycles. The Bertz CT molecular complexity index is 258. The molecule has 0 aliphatic carbocycles. The van der Waals surface area contributed by atoms with Crippen LogP contribution < -0.4 is 0 Å². The van der Waals surface area contributed by atoms with Crippen LogP contribution in [0.1, 0.15) is 20.3 Å². The summed E-state index contributed by atoms with van der Waals surface area (Å²) >= 11 is 0. The van der Waals surface area contributed by atoms with Crippen molar-refractivity contribution in [2.75, 3.05) is 33.9 Å². The summed E-state index contributed by atoms with van der Waals surface area (Å²) < 4.78 is 5.14. The van der Waals surface area contributed by atoms with E-state index in [0.29, 0.717) is 26.2 Å². The van der Waals surface area contributed by atoms with Crippen LogP contribution in [0.15, 0.2) is 0 Å². The molecule has 6 nitrogen and oxygen atoms in total. The molecule has 17 heavy (non-hydrogen) atoms. The number of rotatable bonds is 7. The van der Waals surface area contributed by atoms with Crippen LogP contribution in [0, 0.1) is 0 Å². The van der Waals surface area contributed by atoms with Crippen molar-refractivity contribution in [2.24, 2.45) is 0 Å². The lowest BCUT2D eigenvalue weighted by Gasteiger charge is -2.28. The van der Waals surface area contributed by atoms with Crippen molar-refractivity contribution in [3.63, 3.8) is 0 Å². The largest absolute Gasteiger partial charge is 0.480 e. The molecule has 2 amide bonds. The number of nitrogens with zero attached hydrogens (tertiary/aromatic N) is 2. The number of likely N-dealkylation sites (N-methyl/N-ethyl adjacent to an activating group) is 2. The number of urea groups is 1. The third-order valence-corrected chi connectivity index (χ3v) is 2.54. The van der Waals surface area contributed by atoms with E-state index in [9.17, 15) is 9.59 Å². The third kappa shape index (κ3) is 5.04. The van der Waals surface area contributed by atoms with E-state index in [1.165, 1.54) is 16.8 Å². The number of carboxylic acids is 1. The van der Waals surface area contributed by atoms with Gasteiger partial charge in [-0.25, -0.2) is 9.59 Å². The number of carbonyl (C=O) groups excluding carboxylic acids is 1. The van der Waals surface area contributed by atoms with Crippen LogP contribution in [0.3, 0.4) is 0 Å². The minimum absolute atomic E-state index is 0.307. The minimum Gasteiger partial charge on any atom is -0.480 e. The van der Waals surface area contributed by atoms with Gasteiger partial charge in [-0.2, -0.15) is 0 Å². The second-order valence-corrected chi connectivity index (χ2v) is 3.77. The lowest BCUT2D eigenvalue weighted by molar-refractivity contribution is -0.142. The Morgan fingerprint density at radius 1 is 1.29 bits per heavy atom. The fourth-order valence-electron chi connectivity index (χ4n) is 1.46. The molecule has 0 aliphatic rings. The van der Waals surface area contributed by atoms with Crippen molar-refractivity contribution >= 4 is 12.0 Å². The highest BCUT2D eigenvalue weighted by molar-refractivity contribution is 5.82. The van der Waals surface area contributed by atoms with Crippen molar-refractivity contribution in [1.29, 1.82) is 0 Å². The van der Waals surface area contributed by atoms with Crippen molar-refractivity contribution in [1.82, 2.24) is 9.80 Å². The predicted molar refractivity (Wildman–Crippen MR) is 64.0 cm³/mol. The fraction of sp³-hybridized carbons (Fsp3) is 0.818. The minimum atomic E-state index is -0.985. The first-order valence-corrected chi connectivity index (χ1v) is 5.74. The van der Waals surface area contributed by atoms with Crippen LogP contribution in [-0.4, -0.2) is 66.8 Å². The van der Waals surface area contributed by atoms with Gasteiger partial charge in [0.25, 0.3) is 0 Å². The summed E-state index contributed by atoms with van der Waals surface area (Å²) in [7, 11) is 3.13. The van der Waals surface area contributed by atoms with Gasteiger partial charge in [-0.15, -0.1) is 0 Å². The van der Waals surface area contributed by atoms with Crippen molar-refractivity contribution in [3.8, 4) is 0 Å². The highest BCUT2D eigenvalue weighted by Crippen LogP contribution is 2.05. The van der Waals surface area contributed by atoms with E-state index < -0.39 is 12.0 Å². The Morgan fingerprint density at radius 3 is 2.29 bits per heavy atom. The smallest absolute Gasteiger partial charge is 0.326 e. The molecule has 0 radical (unpaired) electrons. The summed E-state index contributed by atoms with van der Waals surface area (Å²) in [5.74, 6) is -0.985. The molecule has 0 spiro atoms. The second kappa shape index (κ2) is 7.89. The summed E-state index contributed by atoms with van der Waals surface area (Å²) in [5, 5.41) is 8.95. The van der Waals surface area contributed by atoms with E-state index in [0.717, 1.165) is 0 Å². The van der Waals surface area contributed by atoms with Gasteiger partial charge in [0.15, 0.2) is 0 Å². The summed E-state index contributed by atoms with van der Waals surface area (Å²) in [6, 6.07) is -1.09. The maximum atomic E-state index is 11.9. The zero-order chi connectivity index (χ0) is 13.4. The monoisotopic (exact) mass is 246 g/mol. The summed E-state index contributed by atoms with van der Waals surface area (Å²) in [5.41, 5.74) is 0. The Kier molecular flexibility index (Phi) is 7.29. The second-order valence-electron chi connectivity index (χ2n) is 3.77. The molecule has 0 bridgehead atoms. The van der Waals surface area contributed by atoms with Gasteiger partial charge in [0.2, 0.25) is 0 Å². The Hall–Kier alpha value is -1.30. The van der Waals surface area contributed by atoms with Crippen LogP contribution in [0.5, 0.6) is 0 Å². The Labute approximate surface area is 102 Å². The van der Waals surface area contributed by atoms with Crippen LogP contribution >= 0.6 is 0 Å². The first kappa shape index (κ1) is 15.7. The van der Waals surface area contributed by atoms with E-state index in [-0.39, 0.29) is 6.03 Å². The standard InChI is InChI=1S/C11H22N2O4/c1-5-9(10(14)15)13(4)11(16)12(3)7-8-17-6-2/h9H,5-8H2,1-4H3,(H,14,15). The molecule has 0 aliphatic heterocycles. The molecule has 6 heteroatoms. The fourth-order valence-corrected chi connectivity index (χ4v) is 1.46. The first-order valence-electron chi connectivity index (χ1n) is 5.74. The molecular weight excluding hydrogens is 224 g/mol. The molecule has 0 saturated heterocycles. The number of amides is 2. The molecule has 0 saturated carbocycles. The number of carbonyl (C=O) groups is 2. The van der Waals surface area contributed by atoms with Crippen LogP contribution in [0.2, 0.25) is 0 Å². The van der Waals surface area contributed by atoms with E-state index in [1.807, 2.05) is 6.92 Å². The number of aliphatic carboxylic acids is 1. The summed E-state index contributed by atoms with van der Waals surface area (Å²) in [6.45, 7) is 5.13. The molecule has 0 aromatic rings. The quantitative estimate of drug-likeness (QED) is 0.677. The maximum Gasteiger partial charge on any atom is 0.326 e. The van der Waals surface area contributed by atoms with E-state index in [2.05, 4.69) is 0 Å². The predicted octanol–water partition coefficient (Wildman–Crippen LogP) is 0.870. The average molecular weight is 246 g/mol. The lowest BCUT2D eigenvalue weighted by atomic mass is 10.2. The summed E-state index contributed by atoms with van der Waals surface area (Å²) in [4.78, 5) is 25.5. The number of hydrogen-bond acceptors (Lipinski definition) is 3. The molecule has 0 rings (SSSR count). The molecule has 0 heterocycles. The molecular formula is C11H22N2O4. The van der Waals surface area contributed by atoms with Gasteiger partial charge >= 0.3 is 12.0 Å². The normalized spacial score (nSPS) is 12.0. The van der Waals surface area contributed by atoms with Gasteiger partial charge in [-0.3, -0.25) is 0 Å². The molecule has 1 N–H and O–H groups in total. The van der Waals surface area contributed by atoms with Crippen molar-refractivity contribution in [2.45, 2.75) is 26.3 Å².